The highest BCUT2D eigenvalue weighted by Gasteiger charge is 2.52. The molecule has 1 aromatic rings. The number of carbonyl (C=O) groups is 1. The van der Waals surface area contributed by atoms with Crippen molar-refractivity contribution in [3.63, 3.8) is 0 Å². The number of carbonyl (C=O) groups excluding carboxylic acids is 1. The van der Waals surface area contributed by atoms with Crippen LogP contribution in [0.5, 0.6) is 0 Å². The maximum Gasteiger partial charge on any atom is 0.494 e. The zero-order valence-corrected chi connectivity index (χ0v) is 20.2. The summed E-state index contributed by atoms with van der Waals surface area (Å²) < 4.78 is 18.2. The molecule has 0 unspecified atom stereocenters. The monoisotopic (exact) mass is 402 g/mol. The highest BCUT2D eigenvalue weighted by molar-refractivity contribution is 6.62. The zero-order chi connectivity index (χ0) is 22.4. The summed E-state index contributed by atoms with van der Waals surface area (Å²) in [6, 6.07) is 4.30. The van der Waals surface area contributed by atoms with Crippen LogP contribution in [0.1, 0.15) is 105 Å². The first-order chi connectivity index (χ1) is 13.0. The van der Waals surface area contributed by atoms with E-state index < -0.39 is 12.7 Å². The Kier molecular flexibility index (Phi) is 6.67. The zero-order valence-electron chi connectivity index (χ0n) is 20.2. The van der Waals surface area contributed by atoms with E-state index in [1.54, 1.807) is 0 Å². The summed E-state index contributed by atoms with van der Waals surface area (Å²) in [6.07, 6.45) is 0.280. The lowest BCUT2D eigenvalue weighted by atomic mass is 9.73. The number of hydrogen-bond donors (Lipinski definition) is 0. The standard InChI is InChI=1S/C24H39BO4/c1-15(2)18-12-17(25-28-23(8,9)24(10,11)29-25)13-19(16(3)4)20(18)14-21(26)27-22(5,6)7/h12-13,15-16H,14H2,1-11H3. The summed E-state index contributed by atoms with van der Waals surface area (Å²) in [5.41, 5.74) is 3.15. The molecular weight excluding hydrogens is 363 g/mol. The molecule has 2 rings (SSSR count). The Hall–Kier alpha value is -1.33. The predicted molar refractivity (Wildman–Crippen MR) is 120 cm³/mol. The lowest BCUT2D eigenvalue weighted by Gasteiger charge is -2.32. The van der Waals surface area contributed by atoms with E-state index in [1.807, 2.05) is 20.8 Å². The summed E-state index contributed by atoms with van der Waals surface area (Å²) in [7, 11) is -0.412. The fourth-order valence-electron chi connectivity index (χ4n) is 3.61. The third-order valence-electron chi connectivity index (χ3n) is 5.85. The Labute approximate surface area is 177 Å². The van der Waals surface area contributed by atoms with Crippen molar-refractivity contribution in [3.05, 3.63) is 28.8 Å². The van der Waals surface area contributed by atoms with Crippen LogP contribution >= 0.6 is 0 Å². The van der Waals surface area contributed by atoms with Crippen molar-refractivity contribution in [2.75, 3.05) is 0 Å². The van der Waals surface area contributed by atoms with Crippen molar-refractivity contribution in [2.24, 2.45) is 0 Å². The van der Waals surface area contributed by atoms with Crippen LogP contribution in [0.25, 0.3) is 0 Å². The molecule has 0 aromatic heterocycles. The molecule has 0 amide bonds. The first-order valence-corrected chi connectivity index (χ1v) is 10.8. The number of esters is 1. The molecule has 0 radical (unpaired) electrons. The number of rotatable bonds is 5. The second-order valence-corrected chi connectivity index (χ2v) is 10.8. The largest absolute Gasteiger partial charge is 0.494 e. The van der Waals surface area contributed by atoms with Gasteiger partial charge in [-0.2, -0.15) is 0 Å². The Morgan fingerprint density at radius 2 is 1.38 bits per heavy atom. The molecule has 1 aliphatic heterocycles. The minimum absolute atomic E-state index is 0.190. The van der Waals surface area contributed by atoms with Gasteiger partial charge in [-0.3, -0.25) is 4.79 Å². The van der Waals surface area contributed by atoms with Crippen molar-refractivity contribution in [2.45, 2.75) is 111 Å². The van der Waals surface area contributed by atoms with E-state index in [9.17, 15) is 4.79 Å². The van der Waals surface area contributed by atoms with Crippen LogP contribution in [0, 0.1) is 0 Å². The van der Waals surface area contributed by atoms with Crippen LogP contribution in [0.3, 0.4) is 0 Å². The van der Waals surface area contributed by atoms with E-state index in [0.29, 0.717) is 0 Å². The van der Waals surface area contributed by atoms with Gasteiger partial charge in [-0.1, -0.05) is 39.8 Å². The lowest BCUT2D eigenvalue weighted by molar-refractivity contribution is -0.153. The van der Waals surface area contributed by atoms with Crippen LogP contribution in [0.4, 0.5) is 0 Å². The van der Waals surface area contributed by atoms with Gasteiger partial charge in [-0.05, 0) is 82.5 Å². The molecule has 1 fully saturated rings. The molecular formula is C24H39BO4. The van der Waals surface area contributed by atoms with Gasteiger partial charge in [0.25, 0.3) is 0 Å². The van der Waals surface area contributed by atoms with Crippen molar-refractivity contribution in [3.8, 4) is 0 Å². The highest BCUT2D eigenvalue weighted by atomic mass is 16.7. The van der Waals surface area contributed by atoms with Gasteiger partial charge < -0.3 is 14.0 Å². The van der Waals surface area contributed by atoms with Crippen LogP contribution in [-0.2, 0) is 25.3 Å². The average Bonchev–Trinajstić information content (AvgIpc) is 2.72. The Morgan fingerprint density at radius 1 is 0.966 bits per heavy atom. The van der Waals surface area contributed by atoms with E-state index in [1.165, 1.54) is 0 Å². The van der Waals surface area contributed by atoms with Gasteiger partial charge in [0, 0.05) is 0 Å². The Bertz CT molecular complexity index is 712. The molecule has 0 bridgehead atoms. The molecule has 0 atom stereocenters. The molecule has 29 heavy (non-hydrogen) atoms. The number of hydrogen-bond acceptors (Lipinski definition) is 4. The lowest BCUT2D eigenvalue weighted by Crippen LogP contribution is -2.41. The number of ether oxygens (including phenoxy) is 1. The molecule has 1 aliphatic rings. The molecule has 1 heterocycles. The molecule has 0 saturated carbocycles. The molecule has 0 aliphatic carbocycles. The molecule has 5 heteroatoms. The van der Waals surface area contributed by atoms with Gasteiger partial charge in [0.05, 0.1) is 17.6 Å². The van der Waals surface area contributed by atoms with Crippen LogP contribution in [0.15, 0.2) is 12.1 Å². The molecule has 1 aromatic carbocycles. The van der Waals surface area contributed by atoms with E-state index in [2.05, 4.69) is 67.5 Å². The summed E-state index contributed by atoms with van der Waals surface area (Å²) >= 11 is 0. The molecule has 0 N–H and O–H groups in total. The Morgan fingerprint density at radius 3 is 1.72 bits per heavy atom. The van der Waals surface area contributed by atoms with Gasteiger partial charge in [0.1, 0.15) is 5.60 Å². The Balaban J connectivity index is 2.50. The molecule has 4 nitrogen and oxygen atoms in total. The second kappa shape index (κ2) is 8.07. The fourth-order valence-corrected chi connectivity index (χ4v) is 3.61. The van der Waals surface area contributed by atoms with E-state index >= 15 is 0 Å². The predicted octanol–water partition coefficient (Wildman–Crippen LogP) is 5.12. The quantitative estimate of drug-likeness (QED) is 0.507. The SMILES string of the molecule is CC(C)c1cc(B2OC(C)(C)C(C)(C)O2)cc(C(C)C)c1CC(=O)OC(C)(C)C. The fraction of sp³-hybridized carbons (Fsp3) is 0.708. The summed E-state index contributed by atoms with van der Waals surface area (Å²) in [5.74, 6) is 0.351. The van der Waals surface area contributed by atoms with E-state index in [-0.39, 0.29) is 35.4 Å². The average molecular weight is 402 g/mol. The van der Waals surface area contributed by atoms with Gasteiger partial charge in [-0.25, -0.2) is 0 Å². The first kappa shape index (κ1) is 23.9. The molecule has 0 spiro atoms. The minimum atomic E-state index is -0.490. The van der Waals surface area contributed by atoms with Crippen LogP contribution in [-0.4, -0.2) is 29.9 Å². The minimum Gasteiger partial charge on any atom is -0.460 e. The van der Waals surface area contributed by atoms with Crippen LogP contribution < -0.4 is 5.46 Å². The normalized spacial score (nSPS) is 18.6. The van der Waals surface area contributed by atoms with Gasteiger partial charge in [0.2, 0.25) is 0 Å². The maximum atomic E-state index is 12.6. The first-order valence-electron chi connectivity index (χ1n) is 10.8. The van der Waals surface area contributed by atoms with Crippen molar-refractivity contribution in [1.82, 2.24) is 0 Å². The topological polar surface area (TPSA) is 44.8 Å². The van der Waals surface area contributed by atoms with Crippen molar-refractivity contribution < 1.29 is 18.8 Å². The second-order valence-electron chi connectivity index (χ2n) is 10.8. The summed E-state index contributed by atoms with van der Waals surface area (Å²) in [6.45, 7) is 22.6. The maximum absolute atomic E-state index is 12.6. The van der Waals surface area contributed by atoms with Gasteiger partial charge in [-0.15, -0.1) is 0 Å². The molecule has 162 valence electrons. The smallest absolute Gasteiger partial charge is 0.460 e. The van der Waals surface area contributed by atoms with E-state index in [4.69, 9.17) is 14.0 Å². The molecule has 1 saturated heterocycles. The van der Waals surface area contributed by atoms with Gasteiger partial charge >= 0.3 is 13.1 Å². The summed E-state index contributed by atoms with van der Waals surface area (Å²) in [4.78, 5) is 12.6. The summed E-state index contributed by atoms with van der Waals surface area (Å²) in [5, 5.41) is 0. The van der Waals surface area contributed by atoms with Gasteiger partial charge in [0.15, 0.2) is 0 Å². The highest BCUT2D eigenvalue weighted by Crippen LogP contribution is 2.37. The third-order valence-corrected chi connectivity index (χ3v) is 5.85. The van der Waals surface area contributed by atoms with Crippen LogP contribution in [0.2, 0.25) is 0 Å². The third kappa shape index (κ3) is 5.43. The van der Waals surface area contributed by atoms with Crippen molar-refractivity contribution in [1.29, 1.82) is 0 Å². The van der Waals surface area contributed by atoms with Crippen molar-refractivity contribution >= 4 is 18.6 Å². The van der Waals surface area contributed by atoms with E-state index in [0.717, 1.165) is 22.2 Å². The number of benzene rings is 1.